The molecule has 4 heteroatoms. The Balaban J connectivity index is 1.77. The number of rotatable bonds is 3. The lowest BCUT2D eigenvalue weighted by Crippen LogP contribution is -2.42. The van der Waals surface area contributed by atoms with Gasteiger partial charge in [0.05, 0.1) is 11.1 Å². The number of pyridine rings is 1. The minimum Gasteiger partial charge on any atom is -0.388 e. The predicted molar refractivity (Wildman–Crippen MR) is 80.0 cm³/mol. The van der Waals surface area contributed by atoms with E-state index in [0.29, 0.717) is 32.6 Å². The van der Waals surface area contributed by atoms with Crippen LogP contribution in [0.25, 0.3) is 10.9 Å². The van der Waals surface area contributed by atoms with E-state index < -0.39 is 5.60 Å². The number of nitrogens with zero attached hydrogens (tertiary/aromatic N) is 1. The second kappa shape index (κ2) is 5.38. The topological polar surface area (TPSA) is 54.4 Å². The molecule has 0 atom stereocenters. The van der Waals surface area contributed by atoms with Crippen molar-refractivity contribution >= 4 is 16.7 Å². The minimum absolute atomic E-state index is 0.515. The van der Waals surface area contributed by atoms with Crippen LogP contribution in [0.5, 0.6) is 0 Å². The Hall–Kier alpha value is -1.65. The number of aromatic nitrogens is 1. The van der Waals surface area contributed by atoms with E-state index >= 15 is 0 Å². The number of aliphatic hydroxyl groups is 1. The van der Waals surface area contributed by atoms with Gasteiger partial charge in [-0.05, 0) is 24.6 Å². The highest BCUT2D eigenvalue weighted by Crippen LogP contribution is 2.23. The third-order valence-electron chi connectivity index (χ3n) is 3.95. The number of anilines is 1. The molecule has 2 heterocycles. The van der Waals surface area contributed by atoms with E-state index in [-0.39, 0.29) is 0 Å². The number of fused-ring (bicyclic) bond motifs is 1. The van der Waals surface area contributed by atoms with E-state index in [1.54, 1.807) is 0 Å². The molecule has 1 aliphatic heterocycles. The Kier molecular flexibility index (Phi) is 3.59. The molecule has 1 aromatic heterocycles. The van der Waals surface area contributed by atoms with Crippen molar-refractivity contribution in [1.82, 2.24) is 4.98 Å². The van der Waals surface area contributed by atoms with Gasteiger partial charge in [-0.1, -0.05) is 18.2 Å². The molecule has 4 nitrogen and oxygen atoms in total. The van der Waals surface area contributed by atoms with Gasteiger partial charge in [0.1, 0.15) is 5.82 Å². The van der Waals surface area contributed by atoms with Crippen LogP contribution in [0.15, 0.2) is 30.3 Å². The lowest BCUT2D eigenvalue weighted by Gasteiger charge is -2.32. The maximum atomic E-state index is 10.4. The van der Waals surface area contributed by atoms with Crippen molar-refractivity contribution < 1.29 is 9.84 Å². The number of aryl methyl sites for hydroxylation is 1. The molecule has 0 spiro atoms. The van der Waals surface area contributed by atoms with Gasteiger partial charge in [0.25, 0.3) is 0 Å². The highest BCUT2D eigenvalue weighted by atomic mass is 16.5. The lowest BCUT2D eigenvalue weighted by molar-refractivity contribution is -0.0543. The Bertz CT molecular complexity index is 606. The molecule has 20 heavy (non-hydrogen) atoms. The van der Waals surface area contributed by atoms with Crippen LogP contribution in [0.4, 0.5) is 5.82 Å². The number of ether oxygens (including phenoxy) is 1. The molecule has 3 rings (SSSR count). The fourth-order valence-electron chi connectivity index (χ4n) is 2.62. The Morgan fingerprint density at radius 2 is 2.05 bits per heavy atom. The number of hydrogen-bond acceptors (Lipinski definition) is 4. The Labute approximate surface area is 118 Å². The molecule has 1 fully saturated rings. The normalized spacial score (nSPS) is 18.1. The van der Waals surface area contributed by atoms with Gasteiger partial charge in [-0.2, -0.15) is 0 Å². The Morgan fingerprint density at radius 1 is 1.30 bits per heavy atom. The molecule has 106 valence electrons. The van der Waals surface area contributed by atoms with Crippen LogP contribution in [0, 0.1) is 6.92 Å². The van der Waals surface area contributed by atoms with Crippen molar-refractivity contribution in [3.8, 4) is 0 Å². The van der Waals surface area contributed by atoms with Crippen molar-refractivity contribution in [2.75, 3.05) is 25.1 Å². The second-order valence-corrected chi connectivity index (χ2v) is 5.53. The summed E-state index contributed by atoms with van der Waals surface area (Å²) in [5.74, 6) is 0.820. The van der Waals surface area contributed by atoms with Crippen LogP contribution < -0.4 is 5.32 Å². The van der Waals surface area contributed by atoms with Gasteiger partial charge < -0.3 is 15.2 Å². The summed E-state index contributed by atoms with van der Waals surface area (Å²) in [5, 5.41) is 14.9. The van der Waals surface area contributed by atoms with E-state index in [2.05, 4.69) is 23.3 Å². The molecule has 1 aromatic carbocycles. The highest BCUT2D eigenvalue weighted by Gasteiger charge is 2.29. The van der Waals surface area contributed by atoms with Crippen LogP contribution in [0.2, 0.25) is 0 Å². The molecule has 0 aliphatic carbocycles. The summed E-state index contributed by atoms with van der Waals surface area (Å²) in [4.78, 5) is 4.60. The number of nitrogens with one attached hydrogen (secondary N) is 1. The lowest BCUT2D eigenvalue weighted by atomic mass is 9.94. The summed E-state index contributed by atoms with van der Waals surface area (Å²) in [6, 6.07) is 10.1. The summed E-state index contributed by atoms with van der Waals surface area (Å²) in [7, 11) is 0. The quantitative estimate of drug-likeness (QED) is 0.901. The van der Waals surface area contributed by atoms with Gasteiger partial charge in [-0.25, -0.2) is 4.98 Å². The average molecular weight is 272 g/mol. The fourth-order valence-corrected chi connectivity index (χ4v) is 2.62. The first-order valence-corrected chi connectivity index (χ1v) is 7.07. The van der Waals surface area contributed by atoms with Gasteiger partial charge in [0.15, 0.2) is 0 Å². The van der Waals surface area contributed by atoms with Crippen molar-refractivity contribution in [1.29, 1.82) is 0 Å². The molecule has 0 amide bonds. The molecule has 1 aliphatic rings. The number of benzene rings is 1. The largest absolute Gasteiger partial charge is 0.388 e. The summed E-state index contributed by atoms with van der Waals surface area (Å²) >= 11 is 0. The fraction of sp³-hybridized carbons (Fsp3) is 0.438. The molecular formula is C16H20N2O2. The predicted octanol–water partition coefficient (Wildman–Crippen LogP) is 2.50. The zero-order valence-electron chi connectivity index (χ0n) is 11.7. The smallest absolute Gasteiger partial charge is 0.127 e. The van der Waals surface area contributed by atoms with E-state index in [9.17, 15) is 5.11 Å². The van der Waals surface area contributed by atoms with Crippen molar-refractivity contribution in [2.45, 2.75) is 25.4 Å². The van der Waals surface area contributed by atoms with Crippen LogP contribution in [0.1, 0.15) is 18.4 Å². The third-order valence-corrected chi connectivity index (χ3v) is 3.95. The Morgan fingerprint density at radius 3 is 2.85 bits per heavy atom. The standard InChI is InChI=1S/C16H20N2O2/c1-12-10-15(18-14-5-3-2-4-13(12)14)17-11-16(19)6-8-20-9-7-16/h2-5,10,19H,6-9,11H2,1H3,(H,17,18). The first kappa shape index (κ1) is 13.3. The molecule has 0 unspecified atom stereocenters. The van der Waals surface area contributed by atoms with E-state index in [1.165, 1.54) is 10.9 Å². The first-order chi connectivity index (χ1) is 9.66. The summed E-state index contributed by atoms with van der Waals surface area (Å²) in [6.45, 7) is 3.85. The van der Waals surface area contributed by atoms with Gasteiger partial charge in [0.2, 0.25) is 0 Å². The summed E-state index contributed by atoms with van der Waals surface area (Å²) in [6.07, 6.45) is 1.35. The monoisotopic (exact) mass is 272 g/mol. The second-order valence-electron chi connectivity index (χ2n) is 5.53. The molecule has 2 aromatic rings. The van der Waals surface area contributed by atoms with Crippen LogP contribution >= 0.6 is 0 Å². The third kappa shape index (κ3) is 2.76. The highest BCUT2D eigenvalue weighted by molar-refractivity contribution is 5.83. The zero-order valence-corrected chi connectivity index (χ0v) is 11.7. The molecule has 2 N–H and O–H groups in total. The van der Waals surface area contributed by atoms with E-state index in [0.717, 1.165) is 11.3 Å². The van der Waals surface area contributed by atoms with Crippen molar-refractivity contribution in [3.05, 3.63) is 35.9 Å². The number of hydrogen-bond donors (Lipinski definition) is 2. The molecule has 0 saturated carbocycles. The molecule has 1 saturated heterocycles. The summed E-state index contributed by atoms with van der Waals surface area (Å²) < 4.78 is 5.29. The SMILES string of the molecule is Cc1cc(NCC2(O)CCOCC2)nc2ccccc12. The maximum absolute atomic E-state index is 10.4. The summed E-state index contributed by atoms with van der Waals surface area (Å²) in [5.41, 5.74) is 1.49. The van der Waals surface area contributed by atoms with Crippen molar-refractivity contribution in [3.63, 3.8) is 0 Å². The van der Waals surface area contributed by atoms with Crippen LogP contribution in [0.3, 0.4) is 0 Å². The van der Waals surface area contributed by atoms with Gasteiger partial charge in [-0.3, -0.25) is 0 Å². The minimum atomic E-state index is -0.681. The molecule has 0 radical (unpaired) electrons. The van der Waals surface area contributed by atoms with Crippen molar-refractivity contribution in [2.24, 2.45) is 0 Å². The van der Waals surface area contributed by atoms with Crippen LogP contribution in [-0.2, 0) is 4.74 Å². The average Bonchev–Trinajstić information content (AvgIpc) is 2.46. The van der Waals surface area contributed by atoms with Gasteiger partial charge in [0, 0.05) is 38.0 Å². The zero-order chi connectivity index (χ0) is 14.0. The van der Waals surface area contributed by atoms with Gasteiger partial charge >= 0.3 is 0 Å². The van der Waals surface area contributed by atoms with Crippen LogP contribution in [-0.4, -0.2) is 35.5 Å². The first-order valence-electron chi connectivity index (χ1n) is 7.07. The van der Waals surface area contributed by atoms with E-state index in [4.69, 9.17) is 4.74 Å². The van der Waals surface area contributed by atoms with Gasteiger partial charge in [-0.15, -0.1) is 0 Å². The number of para-hydroxylation sites is 1. The maximum Gasteiger partial charge on any atom is 0.127 e. The molecule has 0 bridgehead atoms. The molecular weight excluding hydrogens is 252 g/mol. The van der Waals surface area contributed by atoms with E-state index in [1.807, 2.05) is 24.3 Å².